The van der Waals surface area contributed by atoms with E-state index in [1.807, 2.05) is 6.07 Å². The quantitative estimate of drug-likeness (QED) is 0.224. The van der Waals surface area contributed by atoms with Crippen LogP contribution in [-0.4, -0.2) is 58.8 Å². The fourth-order valence-electron chi connectivity index (χ4n) is 6.64. The minimum absolute atomic E-state index is 0.0100. The minimum Gasteiger partial charge on any atom is -0.497 e. The summed E-state index contributed by atoms with van der Waals surface area (Å²) in [5.74, 6) is -1.58. The zero-order chi connectivity index (χ0) is 30.6. The summed E-state index contributed by atoms with van der Waals surface area (Å²) in [6.07, 6.45) is 8.15. The number of likely N-dealkylation sites (N-methyl/N-ethyl adjacent to an activating group) is 1. The maximum atomic E-state index is 9.55. The summed E-state index contributed by atoms with van der Waals surface area (Å²) >= 11 is 0. The number of rotatable bonds is 5. The first-order valence-electron chi connectivity index (χ1n) is 14.6. The molecule has 0 spiro atoms. The number of benzene rings is 3. The van der Waals surface area contributed by atoms with Gasteiger partial charge in [0.2, 0.25) is 0 Å². The van der Waals surface area contributed by atoms with Crippen LogP contribution >= 0.6 is 0 Å². The molecule has 0 saturated carbocycles. The molecule has 7 rings (SSSR count). The molecule has 0 unspecified atom stereocenters. The van der Waals surface area contributed by atoms with Crippen molar-refractivity contribution in [1.82, 2.24) is 15.2 Å². The lowest BCUT2D eigenvalue weighted by Crippen LogP contribution is -2.41. The predicted molar refractivity (Wildman–Crippen MR) is 168 cm³/mol. The molecule has 1 saturated heterocycles. The van der Waals surface area contributed by atoms with Crippen molar-refractivity contribution in [2.24, 2.45) is 0 Å². The number of carboxylic acids is 2. The topological polar surface area (TPSA) is 115 Å². The van der Waals surface area contributed by atoms with Gasteiger partial charge in [-0.1, -0.05) is 48.5 Å². The Morgan fingerprint density at radius 3 is 2.40 bits per heavy atom. The first-order valence-corrected chi connectivity index (χ1v) is 14.6. The SMILES string of the molecule is COc1ccc2[nH]cc(C[C@H]3CCCN3C)c2c1.C[C@]12N[C@H](Cc3ccccc31)c1ccccc12.O=C(O)/C=C\C(=O)O. The maximum Gasteiger partial charge on any atom is 0.328 e. The van der Waals surface area contributed by atoms with E-state index in [4.69, 9.17) is 14.9 Å². The molecule has 0 amide bonds. The summed E-state index contributed by atoms with van der Waals surface area (Å²) in [4.78, 5) is 24.9. The monoisotopic (exact) mass is 581 g/mol. The summed E-state index contributed by atoms with van der Waals surface area (Å²) < 4.78 is 5.31. The van der Waals surface area contributed by atoms with E-state index in [1.54, 1.807) is 7.11 Å². The normalized spacial score (nSPS) is 21.7. The van der Waals surface area contributed by atoms with Gasteiger partial charge >= 0.3 is 11.9 Å². The lowest BCUT2D eigenvalue weighted by atomic mass is 9.82. The first kappa shape index (κ1) is 30.1. The van der Waals surface area contributed by atoms with Gasteiger partial charge in [0, 0.05) is 41.3 Å². The number of fused-ring (bicyclic) bond motifs is 8. The van der Waals surface area contributed by atoms with E-state index in [9.17, 15) is 9.59 Å². The van der Waals surface area contributed by atoms with E-state index in [-0.39, 0.29) is 5.54 Å². The number of aliphatic carboxylic acids is 2. The number of methoxy groups -OCH3 is 1. The Kier molecular flexibility index (Phi) is 8.99. The smallest absolute Gasteiger partial charge is 0.328 e. The average Bonchev–Trinajstić information content (AvgIpc) is 3.67. The number of nitrogens with zero attached hydrogens (tertiary/aromatic N) is 1. The van der Waals surface area contributed by atoms with Crippen molar-refractivity contribution in [1.29, 1.82) is 0 Å². The number of H-pyrrole nitrogens is 1. The standard InChI is InChI=1S/C16H15N.C15H20N2O.C4H4O4/c1-16-13-8-4-2-6-11(13)10-15(17-16)12-7-3-5-9-14(12)16;1-17-7-3-4-12(17)8-11-10-16-15-6-5-13(18-2)9-14(11)15;5-3(6)1-2-4(7)8/h2-9,15,17H,10H2,1H3;5-6,9-10,12,16H,3-4,7-8H2,1-2H3;1-2H,(H,5,6)(H,7,8)/b;;2-1-/t15-,16+;12-;/m11./s1. The van der Waals surface area contributed by atoms with Crippen LogP contribution in [0.25, 0.3) is 10.9 Å². The van der Waals surface area contributed by atoms with Gasteiger partial charge in [-0.2, -0.15) is 0 Å². The van der Waals surface area contributed by atoms with Gasteiger partial charge in [0.25, 0.3) is 0 Å². The highest BCUT2D eigenvalue weighted by Crippen LogP contribution is 2.47. The fourth-order valence-corrected chi connectivity index (χ4v) is 6.64. The third-order valence-electron chi connectivity index (χ3n) is 8.79. The van der Waals surface area contributed by atoms with E-state index in [0.717, 1.165) is 18.6 Å². The molecule has 1 fully saturated rings. The van der Waals surface area contributed by atoms with Gasteiger partial charge in [-0.05, 0) is 92.2 Å². The Labute approximate surface area is 252 Å². The molecule has 4 heterocycles. The highest BCUT2D eigenvalue weighted by Gasteiger charge is 2.45. The summed E-state index contributed by atoms with van der Waals surface area (Å²) in [6.45, 7) is 3.54. The molecule has 0 radical (unpaired) electrons. The van der Waals surface area contributed by atoms with Crippen molar-refractivity contribution in [3.63, 3.8) is 0 Å². The van der Waals surface area contributed by atoms with Gasteiger partial charge in [-0.25, -0.2) is 9.59 Å². The maximum absolute atomic E-state index is 9.55. The number of hydrogen-bond donors (Lipinski definition) is 4. The van der Waals surface area contributed by atoms with Crippen LogP contribution in [0.3, 0.4) is 0 Å². The molecule has 4 N–H and O–H groups in total. The number of carbonyl (C=O) groups is 2. The molecule has 224 valence electrons. The molecule has 4 aromatic rings. The van der Waals surface area contributed by atoms with Gasteiger partial charge < -0.3 is 24.8 Å². The molecule has 3 atom stereocenters. The first-order chi connectivity index (χ1) is 20.7. The highest BCUT2D eigenvalue weighted by molar-refractivity contribution is 5.89. The van der Waals surface area contributed by atoms with E-state index >= 15 is 0 Å². The number of nitrogens with one attached hydrogen (secondary N) is 2. The summed E-state index contributed by atoms with van der Waals surface area (Å²) in [6, 6.07) is 25.1. The van der Waals surface area contributed by atoms with Crippen molar-refractivity contribution in [2.45, 2.75) is 50.2 Å². The van der Waals surface area contributed by atoms with Crippen LogP contribution in [0.2, 0.25) is 0 Å². The van der Waals surface area contributed by atoms with Crippen LogP contribution in [0.4, 0.5) is 0 Å². The van der Waals surface area contributed by atoms with Crippen molar-refractivity contribution in [3.8, 4) is 5.75 Å². The van der Waals surface area contributed by atoms with Crippen molar-refractivity contribution in [3.05, 3.63) is 113 Å². The lowest BCUT2D eigenvalue weighted by molar-refractivity contribution is -0.134. The molecule has 2 bridgehead atoms. The van der Waals surface area contributed by atoms with Crippen LogP contribution < -0.4 is 10.1 Å². The number of carboxylic acid groups (broad SMARTS) is 2. The van der Waals surface area contributed by atoms with E-state index < -0.39 is 11.9 Å². The molecule has 8 nitrogen and oxygen atoms in total. The molecular formula is C35H39N3O5. The zero-order valence-electron chi connectivity index (χ0n) is 24.8. The Morgan fingerprint density at radius 2 is 1.72 bits per heavy atom. The predicted octanol–water partition coefficient (Wildman–Crippen LogP) is 5.68. The van der Waals surface area contributed by atoms with Gasteiger partial charge in [-0.3, -0.25) is 5.32 Å². The number of likely N-dealkylation sites (tertiary alicyclic amines) is 1. The van der Waals surface area contributed by atoms with E-state index in [1.165, 1.54) is 58.1 Å². The summed E-state index contributed by atoms with van der Waals surface area (Å²) in [5.41, 5.74) is 8.49. The van der Waals surface area contributed by atoms with Crippen LogP contribution in [0, 0.1) is 0 Å². The molecule has 8 heteroatoms. The summed E-state index contributed by atoms with van der Waals surface area (Å²) in [5, 5.41) is 20.7. The third kappa shape index (κ3) is 6.50. The Morgan fingerprint density at radius 1 is 1.02 bits per heavy atom. The van der Waals surface area contributed by atoms with Gasteiger partial charge in [-0.15, -0.1) is 0 Å². The van der Waals surface area contributed by atoms with E-state index in [0.29, 0.717) is 24.2 Å². The van der Waals surface area contributed by atoms with Gasteiger partial charge in [0.1, 0.15) is 5.75 Å². The minimum atomic E-state index is -1.26. The van der Waals surface area contributed by atoms with Crippen LogP contribution in [0.5, 0.6) is 5.75 Å². The second-order valence-electron chi connectivity index (χ2n) is 11.5. The second-order valence-corrected chi connectivity index (χ2v) is 11.5. The highest BCUT2D eigenvalue weighted by atomic mass is 16.5. The molecular weight excluding hydrogens is 542 g/mol. The fraction of sp³-hybridized carbons (Fsp3) is 0.314. The number of ether oxygens (including phenoxy) is 1. The van der Waals surface area contributed by atoms with E-state index in [2.05, 4.69) is 96.0 Å². The number of aromatic nitrogens is 1. The van der Waals surface area contributed by atoms with Crippen LogP contribution in [0.1, 0.15) is 53.6 Å². The molecule has 43 heavy (non-hydrogen) atoms. The van der Waals surface area contributed by atoms with Crippen molar-refractivity contribution in [2.75, 3.05) is 20.7 Å². The molecule has 3 aromatic carbocycles. The Hall–Kier alpha value is -4.40. The van der Waals surface area contributed by atoms with Gasteiger partial charge in [0.05, 0.1) is 12.6 Å². The molecule has 0 aliphatic carbocycles. The van der Waals surface area contributed by atoms with Crippen LogP contribution in [0.15, 0.2) is 85.1 Å². The average molecular weight is 582 g/mol. The Balaban J connectivity index is 0.000000139. The van der Waals surface area contributed by atoms with Crippen molar-refractivity contribution < 1.29 is 24.5 Å². The number of hydrogen-bond acceptors (Lipinski definition) is 5. The molecule has 3 aliphatic rings. The van der Waals surface area contributed by atoms with Gasteiger partial charge in [0.15, 0.2) is 0 Å². The molecule has 1 aromatic heterocycles. The van der Waals surface area contributed by atoms with Crippen LogP contribution in [-0.2, 0) is 28.0 Å². The molecule has 3 aliphatic heterocycles. The number of aromatic amines is 1. The third-order valence-corrected chi connectivity index (χ3v) is 8.79. The van der Waals surface area contributed by atoms with Crippen molar-refractivity contribution >= 4 is 22.8 Å². The zero-order valence-corrected chi connectivity index (χ0v) is 24.8. The second kappa shape index (κ2) is 12.9. The Bertz CT molecular complexity index is 1610. The summed E-state index contributed by atoms with van der Waals surface area (Å²) in [7, 11) is 3.95. The largest absolute Gasteiger partial charge is 0.497 e. The lowest BCUT2D eigenvalue weighted by Gasteiger charge is -2.34.